The highest BCUT2D eigenvalue weighted by atomic mass is 32.1. The number of hydrogen-bond acceptors (Lipinski definition) is 24. The summed E-state index contributed by atoms with van der Waals surface area (Å²) in [4.78, 5) is 113. The van der Waals surface area contributed by atoms with Gasteiger partial charge in [0.05, 0.1) is 7.11 Å². The van der Waals surface area contributed by atoms with Crippen molar-refractivity contribution in [1.29, 1.82) is 0 Å². The Morgan fingerprint density at radius 1 is 0.621 bits per heavy atom. The van der Waals surface area contributed by atoms with Crippen molar-refractivity contribution in [3.63, 3.8) is 0 Å². The zero-order valence-corrected chi connectivity index (χ0v) is 58.6. The highest BCUT2D eigenvalue weighted by molar-refractivity contribution is 7.22. The molecule has 524 valence electrons. The molecule has 2 saturated heterocycles. The monoisotopic (exact) mass is 1380 g/mol. The fourth-order valence-electron chi connectivity index (χ4n) is 10.3. The summed E-state index contributed by atoms with van der Waals surface area (Å²) in [5.41, 5.74) is 1.73. The van der Waals surface area contributed by atoms with Gasteiger partial charge in [-0.05, 0) is 137 Å². The molecule has 7 rings (SSSR count). The molecule has 3 aliphatic rings. The molecule has 29 heteroatoms. The Balaban J connectivity index is 0.000000494. The number of rotatable bonds is 21. The number of methoxy groups -OCH3 is 1. The Labute approximate surface area is 557 Å². The van der Waals surface area contributed by atoms with E-state index in [2.05, 4.69) is 38.8 Å². The SMILES string of the molecule is CC(=O)OC1C[C@H](C)[C@@H](OC(C)=O)[C@H](OC(C)=O)[C@H]1OC(C)=O.CCOCC.COC(=O)[C@H]1O[C@@H](Oc2ccc(-c3sc4cc(O[Si](C)(C)C(C)(C)C)ccc4c3C(=O)c3ccc(OCCN4CCCCC4)cc3)cc2)[C@H](OC(C)=O)[C@@H](OC(C)=O)[C@@H]1OC(C)=O.FB(F)F. The van der Waals surface area contributed by atoms with Crippen LogP contribution in [-0.2, 0) is 85.7 Å². The van der Waals surface area contributed by atoms with E-state index in [0.717, 1.165) is 76.6 Å². The Morgan fingerprint density at radius 3 is 1.59 bits per heavy atom. The van der Waals surface area contributed by atoms with Gasteiger partial charge in [0.15, 0.2) is 36.3 Å². The summed E-state index contributed by atoms with van der Waals surface area (Å²) in [5.74, 6) is -4.47. The summed E-state index contributed by atoms with van der Waals surface area (Å²) in [6, 6.07) is 19.9. The van der Waals surface area contributed by atoms with Gasteiger partial charge in [-0.15, -0.1) is 11.3 Å². The van der Waals surface area contributed by atoms with E-state index in [1.54, 1.807) is 43.3 Å². The van der Waals surface area contributed by atoms with Gasteiger partial charge >= 0.3 is 55.3 Å². The van der Waals surface area contributed by atoms with Crippen molar-refractivity contribution >= 4 is 90.8 Å². The van der Waals surface area contributed by atoms with Gasteiger partial charge in [0.25, 0.3) is 0 Å². The van der Waals surface area contributed by atoms with Gasteiger partial charge in [0, 0.05) is 100 Å². The van der Waals surface area contributed by atoms with E-state index in [4.69, 9.17) is 61.3 Å². The summed E-state index contributed by atoms with van der Waals surface area (Å²) in [6.45, 7) is 30.2. The highest BCUT2D eigenvalue weighted by Gasteiger charge is 2.56. The first-order valence-electron chi connectivity index (χ1n) is 31.1. The summed E-state index contributed by atoms with van der Waals surface area (Å²) in [7, 11) is -4.73. The first-order chi connectivity index (χ1) is 44.6. The van der Waals surface area contributed by atoms with E-state index in [1.807, 2.05) is 44.2 Å². The van der Waals surface area contributed by atoms with E-state index in [1.165, 1.54) is 58.3 Å². The van der Waals surface area contributed by atoms with Gasteiger partial charge in [-0.1, -0.05) is 34.1 Å². The Hall–Kier alpha value is -7.60. The summed E-state index contributed by atoms with van der Waals surface area (Å²) in [6.07, 6.45) is -7.33. The zero-order chi connectivity index (χ0) is 71.1. The number of ether oxygens (including phenoxy) is 12. The summed E-state index contributed by atoms with van der Waals surface area (Å²) < 4.78 is 102. The fourth-order valence-corrected chi connectivity index (χ4v) is 12.5. The third-order valence-electron chi connectivity index (χ3n) is 15.3. The van der Waals surface area contributed by atoms with Gasteiger partial charge in [-0.2, -0.15) is 0 Å². The minimum atomic E-state index is -3.67. The van der Waals surface area contributed by atoms with Crippen LogP contribution in [0.4, 0.5) is 12.9 Å². The molecule has 3 fully saturated rings. The standard InChI is InChI=1S/C47H57NO13SSi.C15H22O8.C4H10O.BF3/c1-28(49)56-40-41(57-29(2)50)43(58-30(3)51)46(60-42(40)45(53)54-7)59-34-19-15-32(16-20-34)44-38(36-22-21-35(27-37(36)62-44)61-63(8,9)47(4,5)6)39(52)31-13-17-33(18-14-31)55-26-25-48-23-11-10-12-24-48;1-7-6-12(20-8(2)16)14(22-10(4)18)15(23-11(5)19)13(7)21-9(3)17;1-3-5-4-2;2-1(3)4/h13-22,27,40-43,46H,10-12,23-26H2,1-9H3;7,12-15H,6H2,1-5H3;3-4H2,1-2H3;/t40-,41-,42-,43+,46+;7-,12?,13+,14-,15-;;/m00../s1. The predicted octanol–water partition coefficient (Wildman–Crippen LogP) is 10.8. The second-order valence-electron chi connectivity index (χ2n) is 23.9. The number of carbonyl (C=O) groups excluding carboxylic acids is 9. The molecular weight excluding hydrogens is 1290 g/mol. The first kappa shape index (κ1) is 79.8. The molecule has 3 heterocycles. The topological polar surface area (TPSA) is 277 Å². The molecule has 2 aliphatic heterocycles. The molecule has 0 amide bonds. The molecule has 4 aromatic rings. The van der Waals surface area contributed by atoms with E-state index in [0.29, 0.717) is 40.3 Å². The maximum Gasteiger partial charge on any atom is 0.762 e. The van der Waals surface area contributed by atoms with Crippen molar-refractivity contribution in [1.82, 2.24) is 4.90 Å². The van der Waals surface area contributed by atoms with Crippen molar-refractivity contribution in [3.05, 3.63) is 77.9 Å². The van der Waals surface area contributed by atoms with Crippen LogP contribution in [0.5, 0.6) is 17.2 Å². The van der Waals surface area contributed by atoms with Crippen LogP contribution in [0.1, 0.15) is 132 Å². The van der Waals surface area contributed by atoms with Crippen LogP contribution in [0.25, 0.3) is 20.5 Å². The van der Waals surface area contributed by atoms with E-state index < -0.39 is 119 Å². The Kier molecular flexibility index (Phi) is 31.6. The van der Waals surface area contributed by atoms with Gasteiger partial charge < -0.3 is 61.3 Å². The van der Waals surface area contributed by atoms with Crippen LogP contribution in [0, 0.1) is 5.92 Å². The van der Waals surface area contributed by atoms with Crippen LogP contribution >= 0.6 is 11.3 Å². The average molecular weight is 1380 g/mol. The number of benzene rings is 3. The van der Waals surface area contributed by atoms with Gasteiger partial charge in [-0.25, -0.2) is 4.79 Å². The minimum Gasteiger partial charge on any atom is -0.543 e. The van der Waals surface area contributed by atoms with Crippen LogP contribution < -0.4 is 13.9 Å². The number of ketones is 1. The molecule has 1 aliphatic carbocycles. The molecule has 0 N–H and O–H groups in total. The molecule has 10 atom stereocenters. The van der Waals surface area contributed by atoms with Crippen molar-refractivity contribution in [3.8, 4) is 27.7 Å². The number of likely N-dealkylation sites (tertiary alicyclic amines) is 1. The smallest absolute Gasteiger partial charge is 0.543 e. The molecule has 3 aromatic carbocycles. The predicted molar refractivity (Wildman–Crippen MR) is 346 cm³/mol. The second-order valence-corrected chi connectivity index (χ2v) is 29.6. The molecule has 1 aromatic heterocycles. The number of nitrogens with zero attached hydrogens (tertiary/aromatic N) is 1. The van der Waals surface area contributed by atoms with Crippen molar-refractivity contribution in [2.75, 3.05) is 46.6 Å². The molecule has 0 bridgehead atoms. The Morgan fingerprint density at radius 2 is 1.09 bits per heavy atom. The zero-order valence-electron chi connectivity index (χ0n) is 56.7. The molecule has 1 saturated carbocycles. The van der Waals surface area contributed by atoms with Gasteiger partial charge in [0.2, 0.25) is 20.7 Å². The maximum absolute atomic E-state index is 14.6. The quantitative estimate of drug-likeness (QED) is 0.0324. The van der Waals surface area contributed by atoms with Crippen LogP contribution in [-0.4, -0.2) is 176 Å². The Bertz CT molecular complexity index is 3210. The van der Waals surface area contributed by atoms with Crippen LogP contribution in [0.3, 0.4) is 0 Å². The van der Waals surface area contributed by atoms with Crippen molar-refractivity contribution < 1.29 is 117 Å². The number of hydrogen-bond donors (Lipinski definition) is 0. The molecule has 0 spiro atoms. The lowest BCUT2D eigenvalue weighted by Crippen LogP contribution is -2.64. The van der Waals surface area contributed by atoms with E-state index in [-0.39, 0.29) is 22.5 Å². The highest BCUT2D eigenvalue weighted by Crippen LogP contribution is 2.44. The second kappa shape index (κ2) is 37.6. The molecule has 1 unspecified atom stereocenters. The van der Waals surface area contributed by atoms with Crippen LogP contribution in [0.2, 0.25) is 18.1 Å². The lowest BCUT2D eigenvalue weighted by Gasteiger charge is -2.43. The largest absolute Gasteiger partial charge is 0.762 e. The summed E-state index contributed by atoms with van der Waals surface area (Å²) >= 11 is 1.46. The number of halogens is 3. The average Bonchev–Trinajstić information content (AvgIpc) is 1.68. The van der Waals surface area contributed by atoms with Crippen LogP contribution in [0.15, 0.2) is 66.7 Å². The number of fused-ring (bicyclic) bond motifs is 1. The first-order valence-corrected chi connectivity index (χ1v) is 34.8. The van der Waals surface area contributed by atoms with Gasteiger partial charge in [0.1, 0.15) is 36.1 Å². The van der Waals surface area contributed by atoms with Crippen molar-refractivity contribution in [2.45, 2.75) is 189 Å². The number of piperidine rings is 1. The molecular formula is C66H89BF3NO22SSi. The van der Waals surface area contributed by atoms with Crippen molar-refractivity contribution in [2.24, 2.45) is 5.92 Å². The number of thiophene rings is 1. The third kappa shape index (κ3) is 24.8. The van der Waals surface area contributed by atoms with E-state index >= 15 is 0 Å². The maximum atomic E-state index is 14.6. The summed E-state index contributed by atoms with van der Waals surface area (Å²) in [5, 5.41) is 0.751. The lowest BCUT2D eigenvalue weighted by atomic mass is 9.81. The number of carbonyl (C=O) groups is 9. The van der Waals surface area contributed by atoms with E-state index in [9.17, 15) is 56.1 Å². The third-order valence-corrected chi connectivity index (χ3v) is 20.9. The lowest BCUT2D eigenvalue weighted by molar-refractivity contribution is -0.282. The molecule has 23 nitrogen and oxygen atoms in total. The van der Waals surface area contributed by atoms with Gasteiger partial charge in [-0.3, -0.25) is 56.2 Å². The number of esters is 8. The minimum absolute atomic E-state index is 0.0244. The molecule has 0 radical (unpaired) electrons. The normalized spacial score (nSPS) is 21.7. The molecule has 95 heavy (non-hydrogen) atoms. The fraction of sp³-hybridized carbons (Fsp3) is 0.561.